The van der Waals surface area contributed by atoms with Gasteiger partial charge in [0, 0.05) is 24.2 Å². The predicted molar refractivity (Wildman–Crippen MR) is 75.9 cm³/mol. The van der Waals surface area contributed by atoms with Gasteiger partial charge in [-0.15, -0.1) is 0 Å². The second kappa shape index (κ2) is 5.36. The molecular formula is C15H21N3. The van der Waals surface area contributed by atoms with E-state index >= 15 is 0 Å². The summed E-state index contributed by atoms with van der Waals surface area (Å²) in [5.41, 5.74) is 7.45. The number of hydrogen-bond acceptors (Lipinski definition) is 2. The van der Waals surface area contributed by atoms with E-state index in [0.29, 0.717) is 0 Å². The average molecular weight is 243 g/mol. The van der Waals surface area contributed by atoms with Crippen LogP contribution in [0.5, 0.6) is 0 Å². The summed E-state index contributed by atoms with van der Waals surface area (Å²) in [4.78, 5) is 0. The summed E-state index contributed by atoms with van der Waals surface area (Å²) in [6, 6.07) is 6.58. The third-order valence-electron chi connectivity index (χ3n) is 3.30. The standard InChI is InChI=1S/C15H21N3/c1-10-5-6-11(2)13(9-10)15-12(3)17-18-14(15)7-8-16-4/h5-6,9,16H,7-8H2,1-4H3,(H,17,18). The van der Waals surface area contributed by atoms with Gasteiger partial charge >= 0.3 is 0 Å². The fourth-order valence-electron chi connectivity index (χ4n) is 2.27. The zero-order chi connectivity index (χ0) is 13.1. The van der Waals surface area contributed by atoms with Gasteiger partial charge in [-0.25, -0.2) is 0 Å². The van der Waals surface area contributed by atoms with Crippen molar-refractivity contribution in [3.63, 3.8) is 0 Å². The minimum Gasteiger partial charge on any atom is -0.319 e. The van der Waals surface area contributed by atoms with Gasteiger partial charge in [-0.3, -0.25) is 5.10 Å². The van der Waals surface area contributed by atoms with Crippen LogP contribution in [0, 0.1) is 20.8 Å². The van der Waals surface area contributed by atoms with Crippen LogP contribution in [0.1, 0.15) is 22.5 Å². The Kier molecular flexibility index (Phi) is 3.82. The van der Waals surface area contributed by atoms with E-state index in [-0.39, 0.29) is 0 Å². The van der Waals surface area contributed by atoms with Gasteiger partial charge in [0.1, 0.15) is 0 Å². The molecule has 2 rings (SSSR count). The molecule has 0 aliphatic heterocycles. The van der Waals surface area contributed by atoms with Crippen molar-refractivity contribution in [2.24, 2.45) is 0 Å². The Balaban J connectivity index is 2.48. The second-order valence-electron chi connectivity index (χ2n) is 4.84. The maximum atomic E-state index is 4.44. The number of aromatic amines is 1. The molecule has 1 aromatic carbocycles. The SMILES string of the molecule is CNCCc1n[nH]c(C)c1-c1cc(C)ccc1C. The maximum absolute atomic E-state index is 4.44. The van der Waals surface area contributed by atoms with Crippen molar-refractivity contribution < 1.29 is 0 Å². The van der Waals surface area contributed by atoms with Crippen molar-refractivity contribution in [3.8, 4) is 11.1 Å². The Labute approximate surface area is 109 Å². The van der Waals surface area contributed by atoms with Crippen molar-refractivity contribution in [2.45, 2.75) is 27.2 Å². The molecule has 1 heterocycles. The van der Waals surface area contributed by atoms with E-state index in [2.05, 4.69) is 54.5 Å². The molecule has 2 N–H and O–H groups in total. The summed E-state index contributed by atoms with van der Waals surface area (Å²) < 4.78 is 0. The maximum Gasteiger partial charge on any atom is 0.0716 e. The lowest BCUT2D eigenvalue weighted by molar-refractivity contribution is 0.773. The Morgan fingerprint density at radius 2 is 2.00 bits per heavy atom. The number of rotatable bonds is 4. The van der Waals surface area contributed by atoms with Gasteiger partial charge in [-0.1, -0.05) is 23.8 Å². The highest BCUT2D eigenvalue weighted by atomic mass is 15.1. The van der Waals surface area contributed by atoms with E-state index in [0.717, 1.165) is 24.4 Å². The first kappa shape index (κ1) is 12.8. The minimum atomic E-state index is 0.947. The Morgan fingerprint density at radius 1 is 1.22 bits per heavy atom. The normalized spacial score (nSPS) is 10.9. The highest BCUT2D eigenvalue weighted by molar-refractivity contribution is 5.72. The lowest BCUT2D eigenvalue weighted by atomic mass is 9.96. The highest BCUT2D eigenvalue weighted by Crippen LogP contribution is 2.29. The lowest BCUT2D eigenvalue weighted by Crippen LogP contribution is -2.11. The van der Waals surface area contributed by atoms with Crippen LogP contribution < -0.4 is 5.32 Å². The fourth-order valence-corrected chi connectivity index (χ4v) is 2.27. The fraction of sp³-hybridized carbons (Fsp3) is 0.400. The van der Waals surface area contributed by atoms with E-state index in [1.54, 1.807) is 0 Å². The van der Waals surface area contributed by atoms with Crippen LogP contribution in [0.15, 0.2) is 18.2 Å². The first-order chi connectivity index (χ1) is 8.63. The number of H-pyrrole nitrogens is 1. The van der Waals surface area contributed by atoms with E-state index in [9.17, 15) is 0 Å². The molecule has 0 saturated carbocycles. The Morgan fingerprint density at radius 3 is 2.72 bits per heavy atom. The zero-order valence-electron chi connectivity index (χ0n) is 11.6. The number of nitrogens with one attached hydrogen (secondary N) is 2. The van der Waals surface area contributed by atoms with Crippen LogP contribution in [0.2, 0.25) is 0 Å². The molecule has 0 aliphatic rings. The summed E-state index contributed by atoms with van der Waals surface area (Å²) in [6.45, 7) is 7.32. The van der Waals surface area contributed by atoms with Crippen molar-refractivity contribution in [1.82, 2.24) is 15.5 Å². The molecular weight excluding hydrogens is 222 g/mol. The van der Waals surface area contributed by atoms with Crippen molar-refractivity contribution in [1.29, 1.82) is 0 Å². The van der Waals surface area contributed by atoms with Gasteiger partial charge in [-0.2, -0.15) is 5.10 Å². The van der Waals surface area contributed by atoms with Gasteiger partial charge in [0.25, 0.3) is 0 Å². The van der Waals surface area contributed by atoms with Crippen LogP contribution in [0.4, 0.5) is 0 Å². The summed E-state index contributed by atoms with van der Waals surface area (Å²) in [5, 5.41) is 10.7. The molecule has 0 atom stereocenters. The van der Waals surface area contributed by atoms with Gasteiger partial charge in [0.05, 0.1) is 5.69 Å². The molecule has 3 nitrogen and oxygen atoms in total. The Hall–Kier alpha value is -1.61. The number of aryl methyl sites for hydroxylation is 3. The molecule has 0 fully saturated rings. The molecule has 2 aromatic rings. The summed E-state index contributed by atoms with van der Waals surface area (Å²) >= 11 is 0. The quantitative estimate of drug-likeness (QED) is 0.867. The largest absolute Gasteiger partial charge is 0.319 e. The van der Waals surface area contributed by atoms with Crippen molar-refractivity contribution in [2.75, 3.05) is 13.6 Å². The first-order valence-electron chi connectivity index (χ1n) is 6.39. The molecule has 3 heteroatoms. The van der Waals surface area contributed by atoms with Crippen LogP contribution in [-0.2, 0) is 6.42 Å². The molecule has 96 valence electrons. The van der Waals surface area contributed by atoms with Gasteiger partial charge in [0.15, 0.2) is 0 Å². The van der Waals surface area contributed by atoms with Crippen molar-refractivity contribution >= 4 is 0 Å². The van der Waals surface area contributed by atoms with Gasteiger partial charge in [-0.05, 0) is 38.9 Å². The third kappa shape index (κ3) is 2.46. The molecule has 0 unspecified atom stereocenters. The molecule has 0 radical (unpaired) electrons. The monoisotopic (exact) mass is 243 g/mol. The second-order valence-corrected chi connectivity index (χ2v) is 4.84. The number of aromatic nitrogens is 2. The summed E-state index contributed by atoms with van der Waals surface area (Å²) in [6.07, 6.45) is 0.948. The molecule has 0 spiro atoms. The van der Waals surface area contributed by atoms with Crippen LogP contribution in [0.3, 0.4) is 0 Å². The smallest absolute Gasteiger partial charge is 0.0716 e. The molecule has 0 amide bonds. The van der Waals surface area contributed by atoms with Crippen molar-refractivity contribution in [3.05, 3.63) is 40.7 Å². The highest BCUT2D eigenvalue weighted by Gasteiger charge is 2.13. The molecule has 1 aromatic heterocycles. The van der Waals surface area contributed by atoms with E-state index < -0.39 is 0 Å². The first-order valence-corrected chi connectivity index (χ1v) is 6.39. The van der Waals surface area contributed by atoms with Gasteiger partial charge < -0.3 is 5.32 Å². The zero-order valence-corrected chi connectivity index (χ0v) is 11.6. The van der Waals surface area contributed by atoms with E-state index in [1.807, 2.05) is 7.05 Å². The lowest BCUT2D eigenvalue weighted by Gasteiger charge is -2.09. The number of nitrogens with zero attached hydrogens (tertiary/aromatic N) is 1. The minimum absolute atomic E-state index is 0.947. The summed E-state index contributed by atoms with van der Waals surface area (Å²) in [5.74, 6) is 0. The average Bonchev–Trinajstić information content (AvgIpc) is 2.71. The predicted octanol–water partition coefficient (Wildman–Crippen LogP) is 2.76. The molecule has 0 saturated heterocycles. The van der Waals surface area contributed by atoms with Crippen LogP contribution in [0.25, 0.3) is 11.1 Å². The van der Waals surface area contributed by atoms with E-state index in [1.165, 1.54) is 22.3 Å². The van der Waals surface area contributed by atoms with Gasteiger partial charge in [0.2, 0.25) is 0 Å². The van der Waals surface area contributed by atoms with Crippen LogP contribution in [-0.4, -0.2) is 23.8 Å². The molecule has 0 bridgehead atoms. The molecule has 0 aliphatic carbocycles. The Bertz CT molecular complexity index is 541. The van der Waals surface area contributed by atoms with Crippen LogP contribution >= 0.6 is 0 Å². The molecule has 18 heavy (non-hydrogen) atoms. The topological polar surface area (TPSA) is 40.7 Å². The number of likely N-dealkylation sites (N-methyl/N-ethyl adjacent to an activating group) is 1. The third-order valence-corrected chi connectivity index (χ3v) is 3.30. The number of hydrogen-bond donors (Lipinski definition) is 2. The van der Waals surface area contributed by atoms with E-state index in [4.69, 9.17) is 0 Å². The number of benzene rings is 1. The summed E-state index contributed by atoms with van der Waals surface area (Å²) in [7, 11) is 1.97.